The van der Waals surface area contributed by atoms with E-state index in [1.807, 2.05) is 19.1 Å². The number of rotatable bonds is 4. The highest BCUT2D eigenvalue weighted by Crippen LogP contribution is 2.25. The monoisotopic (exact) mass is 310 g/mol. The zero-order valence-corrected chi connectivity index (χ0v) is 13.5. The van der Waals surface area contributed by atoms with Crippen LogP contribution in [0.15, 0.2) is 29.8 Å². The first-order chi connectivity index (χ1) is 11.3. The molecule has 2 aromatic rings. The summed E-state index contributed by atoms with van der Waals surface area (Å²) in [5, 5.41) is 12.0. The van der Waals surface area contributed by atoms with Crippen molar-refractivity contribution < 1.29 is 4.74 Å². The quantitative estimate of drug-likeness (QED) is 0.941. The molecule has 5 nitrogen and oxygen atoms in total. The van der Waals surface area contributed by atoms with Crippen LogP contribution in [0.1, 0.15) is 23.6 Å². The van der Waals surface area contributed by atoms with Crippen LogP contribution >= 0.6 is 0 Å². The van der Waals surface area contributed by atoms with Crippen molar-refractivity contribution in [2.24, 2.45) is 5.92 Å². The van der Waals surface area contributed by atoms with Crippen LogP contribution < -0.4 is 10.1 Å². The molecule has 0 aliphatic carbocycles. The Balaban J connectivity index is 1.32. The maximum absolute atomic E-state index is 5.80. The van der Waals surface area contributed by atoms with Gasteiger partial charge in [-0.15, -0.1) is 10.2 Å². The second kappa shape index (κ2) is 6.16. The topological polar surface area (TPSA) is 52.0 Å². The lowest BCUT2D eigenvalue weighted by Crippen LogP contribution is -2.32. The lowest BCUT2D eigenvalue weighted by Gasteiger charge is -2.25. The van der Waals surface area contributed by atoms with E-state index in [-0.39, 0.29) is 0 Å². The van der Waals surface area contributed by atoms with Gasteiger partial charge in [0.25, 0.3) is 0 Å². The molecular formula is C18H22N4O. The van der Waals surface area contributed by atoms with Gasteiger partial charge >= 0.3 is 0 Å². The molecule has 0 saturated heterocycles. The average molecular weight is 310 g/mol. The van der Waals surface area contributed by atoms with E-state index in [2.05, 4.69) is 38.3 Å². The van der Waals surface area contributed by atoms with Crippen molar-refractivity contribution in [3.63, 3.8) is 0 Å². The van der Waals surface area contributed by atoms with Crippen molar-refractivity contribution in [2.75, 3.05) is 19.7 Å². The summed E-state index contributed by atoms with van der Waals surface area (Å²) in [6.07, 6.45) is 4.46. The third-order valence-corrected chi connectivity index (χ3v) is 4.71. The molecule has 2 aliphatic heterocycles. The molecular weight excluding hydrogens is 288 g/mol. The molecule has 2 aliphatic rings. The van der Waals surface area contributed by atoms with Crippen LogP contribution in [0, 0.1) is 12.8 Å². The molecule has 3 heterocycles. The van der Waals surface area contributed by atoms with Crippen LogP contribution in [0.25, 0.3) is 6.08 Å². The zero-order chi connectivity index (χ0) is 15.6. The Labute approximate surface area is 136 Å². The molecule has 5 heteroatoms. The number of aromatic nitrogens is 3. The number of hydrogen-bond acceptors (Lipinski definition) is 4. The van der Waals surface area contributed by atoms with Crippen molar-refractivity contribution in [3.8, 4) is 5.75 Å². The third-order valence-electron chi connectivity index (χ3n) is 4.71. The highest BCUT2D eigenvalue weighted by Gasteiger charge is 2.21. The van der Waals surface area contributed by atoms with Gasteiger partial charge in [-0.3, -0.25) is 0 Å². The predicted molar refractivity (Wildman–Crippen MR) is 89.4 cm³/mol. The summed E-state index contributed by atoms with van der Waals surface area (Å²) in [5.74, 6) is 3.80. The zero-order valence-electron chi connectivity index (χ0n) is 13.5. The smallest absolute Gasteiger partial charge is 0.133 e. The normalized spacial score (nSPS) is 19.5. The van der Waals surface area contributed by atoms with Gasteiger partial charge in [-0.05, 0) is 43.5 Å². The molecule has 1 aromatic carbocycles. The van der Waals surface area contributed by atoms with Crippen LogP contribution in [0.5, 0.6) is 5.75 Å². The van der Waals surface area contributed by atoms with Gasteiger partial charge in [0.15, 0.2) is 0 Å². The summed E-state index contributed by atoms with van der Waals surface area (Å²) in [5.41, 5.74) is 2.48. The number of fused-ring (bicyclic) bond motifs is 2. The van der Waals surface area contributed by atoms with E-state index in [9.17, 15) is 0 Å². The van der Waals surface area contributed by atoms with Crippen LogP contribution in [0.4, 0.5) is 0 Å². The van der Waals surface area contributed by atoms with E-state index in [4.69, 9.17) is 4.74 Å². The van der Waals surface area contributed by atoms with Crippen LogP contribution in [-0.4, -0.2) is 34.5 Å². The van der Waals surface area contributed by atoms with Crippen molar-refractivity contribution in [1.29, 1.82) is 0 Å². The van der Waals surface area contributed by atoms with Crippen LogP contribution in [-0.2, 0) is 13.0 Å². The van der Waals surface area contributed by atoms with E-state index in [0.29, 0.717) is 12.5 Å². The summed E-state index contributed by atoms with van der Waals surface area (Å²) >= 11 is 0. The first kappa shape index (κ1) is 14.5. The van der Waals surface area contributed by atoms with Crippen LogP contribution in [0.2, 0.25) is 0 Å². The minimum atomic E-state index is 0.648. The van der Waals surface area contributed by atoms with Gasteiger partial charge in [-0.1, -0.05) is 18.2 Å². The fourth-order valence-electron chi connectivity index (χ4n) is 3.40. The first-order valence-electron chi connectivity index (χ1n) is 8.30. The van der Waals surface area contributed by atoms with E-state index < -0.39 is 0 Å². The molecule has 0 saturated carbocycles. The van der Waals surface area contributed by atoms with Gasteiger partial charge in [0.2, 0.25) is 0 Å². The lowest BCUT2D eigenvalue weighted by molar-refractivity contribution is 0.330. The van der Waals surface area contributed by atoms with Gasteiger partial charge in [0, 0.05) is 25.1 Å². The minimum absolute atomic E-state index is 0.648. The molecule has 0 spiro atoms. The molecule has 1 N–H and O–H groups in total. The second-order valence-corrected chi connectivity index (χ2v) is 6.44. The average Bonchev–Trinajstić information content (AvgIpc) is 2.96. The molecule has 0 unspecified atom stereocenters. The molecule has 1 aromatic heterocycles. The van der Waals surface area contributed by atoms with E-state index >= 15 is 0 Å². The standard InChI is InChI=1S/C18H22N4O/c1-13-20-21-18-7-6-14(11-22(13)18)9-19-10-15-8-16-4-2-3-5-17(16)23-12-15/h2-5,8,14,19H,6-7,9-12H2,1H3/t14-/m1/s1. The molecule has 120 valence electrons. The van der Waals surface area contributed by atoms with Gasteiger partial charge < -0.3 is 14.6 Å². The van der Waals surface area contributed by atoms with Crippen molar-refractivity contribution in [3.05, 3.63) is 47.1 Å². The molecule has 0 fully saturated rings. The van der Waals surface area contributed by atoms with Gasteiger partial charge in [-0.25, -0.2) is 0 Å². The van der Waals surface area contributed by atoms with Gasteiger partial charge in [-0.2, -0.15) is 0 Å². The number of hydrogen-bond donors (Lipinski definition) is 1. The minimum Gasteiger partial charge on any atom is -0.489 e. The molecule has 0 amide bonds. The third kappa shape index (κ3) is 3.01. The van der Waals surface area contributed by atoms with Crippen molar-refractivity contribution in [2.45, 2.75) is 26.3 Å². The van der Waals surface area contributed by atoms with Crippen molar-refractivity contribution in [1.82, 2.24) is 20.1 Å². The lowest BCUT2D eigenvalue weighted by atomic mass is 9.99. The maximum Gasteiger partial charge on any atom is 0.133 e. The van der Waals surface area contributed by atoms with Gasteiger partial charge in [0.1, 0.15) is 24.0 Å². The maximum atomic E-state index is 5.80. The number of benzene rings is 1. The number of aryl methyl sites for hydroxylation is 2. The Kier molecular flexibility index (Phi) is 3.87. The van der Waals surface area contributed by atoms with Crippen LogP contribution in [0.3, 0.4) is 0 Å². The van der Waals surface area contributed by atoms with Crippen molar-refractivity contribution >= 4 is 6.08 Å². The SMILES string of the molecule is Cc1nnc2n1C[C@@H](CNCC1=Cc3ccccc3OC1)CC2. The highest BCUT2D eigenvalue weighted by atomic mass is 16.5. The number of para-hydroxylation sites is 1. The van der Waals surface area contributed by atoms with E-state index in [1.54, 1.807) is 0 Å². The fourth-order valence-corrected chi connectivity index (χ4v) is 3.40. The van der Waals surface area contributed by atoms with Gasteiger partial charge in [0.05, 0.1) is 0 Å². The summed E-state index contributed by atoms with van der Waals surface area (Å²) in [7, 11) is 0. The Morgan fingerprint density at radius 2 is 2.22 bits per heavy atom. The Morgan fingerprint density at radius 3 is 3.17 bits per heavy atom. The molecule has 0 bridgehead atoms. The van der Waals surface area contributed by atoms with E-state index in [1.165, 1.54) is 17.6 Å². The molecule has 0 radical (unpaired) electrons. The first-order valence-corrected chi connectivity index (χ1v) is 8.30. The summed E-state index contributed by atoms with van der Waals surface area (Å²) in [6, 6.07) is 8.19. The predicted octanol–water partition coefficient (Wildman–Crippen LogP) is 2.21. The summed E-state index contributed by atoms with van der Waals surface area (Å²) < 4.78 is 8.06. The number of ether oxygens (including phenoxy) is 1. The Morgan fingerprint density at radius 1 is 1.30 bits per heavy atom. The Bertz CT molecular complexity index is 734. The Hall–Kier alpha value is -2.14. The molecule has 1 atom stereocenters. The molecule has 4 rings (SSSR count). The number of nitrogens with one attached hydrogen (secondary N) is 1. The summed E-state index contributed by atoms with van der Waals surface area (Å²) in [4.78, 5) is 0. The fraction of sp³-hybridized carbons (Fsp3) is 0.444. The number of nitrogens with zero attached hydrogens (tertiary/aromatic N) is 3. The summed E-state index contributed by atoms with van der Waals surface area (Å²) in [6.45, 7) is 5.66. The van der Waals surface area contributed by atoms with E-state index in [0.717, 1.165) is 43.5 Å². The second-order valence-electron chi connectivity index (χ2n) is 6.44. The highest BCUT2D eigenvalue weighted by molar-refractivity contribution is 5.62. The molecule has 23 heavy (non-hydrogen) atoms. The largest absolute Gasteiger partial charge is 0.489 e.